The zero-order valence-electron chi connectivity index (χ0n) is 17.1. The first kappa shape index (κ1) is 21.7. The molecule has 1 aliphatic carbocycles. The Kier molecular flexibility index (Phi) is 5.95. The van der Waals surface area contributed by atoms with Gasteiger partial charge in [-0.25, -0.2) is 8.78 Å². The van der Waals surface area contributed by atoms with E-state index >= 15 is 4.39 Å². The maximum atomic E-state index is 15.3. The van der Waals surface area contributed by atoms with E-state index in [9.17, 15) is 17.6 Å². The number of unbranched alkanes of at least 4 members (excludes halogenated alkanes) is 1. The fourth-order valence-corrected chi connectivity index (χ4v) is 4.39. The summed E-state index contributed by atoms with van der Waals surface area (Å²) in [5, 5.41) is 0. The first-order valence-electron chi connectivity index (χ1n) is 10.5. The van der Waals surface area contributed by atoms with Crippen LogP contribution in [0.25, 0.3) is 16.7 Å². The molecule has 0 radical (unpaired) electrons. The summed E-state index contributed by atoms with van der Waals surface area (Å²) in [5.41, 5.74) is 1.93. The minimum atomic E-state index is -5.01. The van der Waals surface area contributed by atoms with Crippen LogP contribution in [0.5, 0.6) is 11.5 Å². The summed E-state index contributed by atoms with van der Waals surface area (Å²) in [6, 6.07) is 5.49. The second-order valence-corrected chi connectivity index (χ2v) is 8.06. The van der Waals surface area contributed by atoms with E-state index in [0.717, 1.165) is 37.3 Å². The quantitative estimate of drug-likeness (QED) is 0.444. The van der Waals surface area contributed by atoms with Gasteiger partial charge in [0.2, 0.25) is 0 Å². The number of allylic oxidation sites excluding steroid dienone is 2. The Bertz CT molecular complexity index is 1010. The first-order valence-corrected chi connectivity index (χ1v) is 10.5. The highest BCUT2D eigenvalue weighted by molar-refractivity contribution is 5.80. The first-order chi connectivity index (χ1) is 14.8. The SMILES string of the molecule is CCCCC1CC=C(c2ccc3c(c2F)OCc2c-3ccc(OC(F)(F)F)c2F)CC1. The lowest BCUT2D eigenvalue weighted by Gasteiger charge is -2.26. The molecule has 1 aliphatic heterocycles. The maximum Gasteiger partial charge on any atom is 0.573 e. The molecule has 0 saturated heterocycles. The lowest BCUT2D eigenvalue weighted by molar-refractivity contribution is -0.275. The van der Waals surface area contributed by atoms with E-state index in [1.807, 2.05) is 0 Å². The van der Waals surface area contributed by atoms with Crippen LogP contribution in [-0.2, 0) is 6.61 Å². The molecule has 31 heavy (non-hydrogen) atoms. The van der Waals surface area contributed by atoms with Crippen molar-refractivity contribution < 1.29 is 31.4 Å². The van der Waals surface area contributed by atoms with Crippen molar-refractivity contribution in [1.82, 2.24) is 0 Å². The molecule has 0 amide bonds. The van der Waals surface area contributed by atoms with Crippen LogP contribution in [0.15, 0.2) is 30.3 Å². The summed E-state index contributed by atoms with van der Waals surface area (Å²) >= 11 is 0. The Balaban J connectivity index is 1.63. The van der Waals surface area contributed by atoms with Crippen LogP contribution in [0.4, 0.5) is 22.0 Å². The molecular formula is C24H23F5O2. The Morgan fingerprint density at radius 3 is 2.45 bits per heavy atom. The lowest BCUT2D eigenvalue weighted by atomic mass is 9.83. The second kappa shape index (κ2) is 8.52. The van der Waals surface area contributed by atoms with Crippen molar-refractivity contribution >= 4 is 5.57 Å². The molecule has 0 aromatic heterocycles. The van der Waals surface area contributed by atoms with Crippen LogP contribution >= 0.6 is 0 Å². The van der Waals surface area contributed by atoms with Crippen LogP contribution in [0, 0.1) is 17.6 Å². The number of hydrogen-bond donors (Lipinski definition) is 0. The van der Waals surface area contributed by atoms with Crippen molar-refractivity contribution in [2.45, 2.75) is 58.4 Å². The van der Waals surface area contributed by atoms with E-state index in [4.69, 9.17) is 4.74 Å². The molecule has 1 heterocycles. The van der Waals surface area contributed by atoms with Crippen LogP contribution < -0.4 is 9.47 Å². The standard InChI is InChI=1S/C24H23F5O2/c1-2-3-4-14-5-7-15(8-6-14)16-9-10-18-17-11-12-20(31-24(27,28)29)21(25)19(17)13-30-23(18)22(16)26/h7,9-12,14H,2-6,8,13H2,1H3. The number of rotatable bonds is 5. The molecule has 0 N–H and O–H groups in total. The lowest BCUT2D eigenvalue weighted by Crippen LogP contribution is -2.19. The average Bonchev–Trinajstić information content (AvgIpc) is 2.74. The average molecular weight is 438 g/mol. The van der Waals surface area contributed by atoms with E-state index in [1.165, 1.54) is 18.9 Å². The van der Waals surface area contributed by atoms with E-state index in [0.29, 0.717) is 22.6 Å². The van der Waals surface area contributed by atoms with E-state index < -0.39 is 23.7 Å². The van der Waals surface area contributed by atoms with Gasteiger partial charge in [-0.3, -0.25) is 0 Å². The van der Waals surface area contributed by atoms with Crippen molar-refractivity contribution in [3.05, 3.63) is 53.1 Å². The molecule has 166 valence electrons. The molecule has 0 fully saturated rings. The summed E-state index contributed by atoms with van der Waals surface area (Å²) in [4.78, 5) is 0. The molecule has 4 rings (SSSR count). The maximum absolute atomic E-state index is 15.3. The van der Waals surface area contributed by atoms with Gasteiger partial charge < -0.3 is 9.47 Å². The summed E-state index contributed by atoms with van der Waals surface area (Å²) in [6.07, 6.45) is 3.34. The number of fused-ring (bicyclic) bond motifs is 3. The number of alkyl halides is 3. The van der Waals surface area contributed by atoms with Gasteiger partial charge in [-0.1, -0.05) is 38.3 Å². The van der Waals surface area contributed by atoms with Gasteiger partial charge in [0.05, 0.1) is 0 Å². The van der Waals surface area contributed by atoms with Crippen molar-refractivity contribution in [3.8, 4) is 22.6 Å². The molecule has 7 heteroatoms. The smallest absolute Gasteiger partial charge is 0.485 e. The molecule has 0 spiro atoms. The Morgan fingerprint density at radius 1 is 1.03 bits per heavy atom. The fourth-order valence-electron chi connectivity index (χ4n) is 4.39. The number of hydrogen-bond acceptors (Lipinski definition) is 2. The topological polar surface area (TPSA) is 18.5 Å². The molecule has 1 unspecified atom stereocenters. The summed E-state index contributed by atoms with van der Waals surface area (Å²) in [7, 11) is 0. The fraction of sp³-hybridized carbons (Fsp3) is 0.417. The van der Waals surface area contributed by atoms with Gasteiger partial charge in [-0.05, 0) is 54.5 Å². The Morgan fingerprint density at radius 2 is 1.77 bits per heavy atom. The highest BCUT2D eigenvalue weighted by Gasteiger charge is 2.34. The van der Waals surface area contributed by atoms with Crippen LogP contribution in [0.2, 0.25) is 0 Å². The molecule has 2 aromatic rings. The van der Waals surface area contributed by atoms with E-state index in [2.05, 4.69) is 17.7 Å². The predicted octanol–water partition coefficient (Wildman–Crippen LogP) is 7.80. The monoisotopic (exact) mass is 438 g/mol. The van der Waals surface area contributed by atoms with Crippen LogP contribution in [0.1, 0.15) is 56.6 Å². The minimum absolute atomic E-state index is 0.00268. The number of halogens is 5. The highest BCUT2D eigenvalue weighted by atomic mass is 19.4. The van der Waals surface area contributed by atoms with Crippen LogP contribution in [-0.4, -0.2) is 6.36 Å². The number of benzene rings is 2. The largest absolute Gasteiger partial charge is 0.573 e. The van der Waals surface area contributed by atoms with Gasteiger partial charge in [0.25, 0.3) is 0 Å². The van der Waals surface area contributed by atoms with Gasteiger partial charge >= 0.3 is 6.36 Å². The van der Waals surface area contributed by atoms with Gasteiger partial charge in [0, 0.05) is 16.7 Å². The van der Waals surface area contributed by atoms with Gasteiger partial charge in [-0.15, -0.1) is 13.2 Å². The zero-order chi connectivity index (χ0) is 22.2. The third kappa shape index (κ3) is 4.41. The van der Waals surface area contributed by atoms with Gasteiger partial charge in [0.1, 0.15) is 6.61 Å². The predicted molar refractivity (Wildman–Crippen MR) is 108 cm³/mol. The summed E-state index contributed by atoms with van der Waals surface area (Å²) in [5.74, 6) is -1.97. The zero-order valence-corrected chi connectivity index (χ0v) is 17.1. The van der Waals surface area contributed by atoms with Crippen molar-refractivity contribution in [1.29, 1.82) is 0 Å². The second-order valence-electron chi connectivity index (χ2n) is 8.06. The number of ether oxygens (including phenoxy) is 2. The molecule has 1 atom stereocenters. The Labute approximate surface area is 177 Å². The normalized spacial score (nSPS) is 18.0. The van der Waals surface area contributed by atoms with Gasteiger partial charge in [-0.2, -0.15) is 0 Å². The van der Waals surface area contributed by atoms with Crippen molar-refractivity contribution in [2.24, 2.45) is 5.92 Å². The van der Waals surface area contributed by atoms with Crippen molar-refractivity contribution in [2.75, 3.05) is 0 Å². The van der Waals surface area contributed by atoms with E-state index in [1.54, 1.807) is 12.1 Å². The van der Waals surface area contributed by atoms with Crippen molar-refractivity contribution in [3.63, 3.8) is 0 Å². The van der Waals surface area contributed by atoms with E-state index in [-0.39, 0.29) is 17.9 Å². The molecule has 0 bridgehead atoms. The molecule has 2 aromatic carbocycles. The minimum Gasteiger partial charge on any atom is -0.485 e. The highest BCUT2D eigenvalue weighted by Crippen LogP contribution is 2.45. The third-order valence-electron chi connectivity index (χ3n) is 6.01. The van der Waals surface area contributed by atoms with Crippen LogP contribution in [0.3, 0.4) is 0 Å². The molecule has 0 saturated carbocycles. The molecule has 2 aliphatic rings. The molecular weight excluding hydrogens is 415 g/mol. The third-order valence-corrected chi connectivity index (χ3v) is 6.01. The summed E-state index contributed by atoms with van der Waals surface area (Å²) in [6.45, 7) is 1.79. The Hall–Kier alpha value is -2.57. The van der Waals surface area contributed by atoms with Gasteiger partial charge in [0.15, 0.2) is 23.1 Å². The summed E-state index contributed by atoms with van der Waals surface area (Å²) < 4.78 is 76.5. The molecule has 2 nitrogen and oxygen atoms in total.